The number of nitrogens with one attached hydrogen (secondary N) is 3. The second-order valence-electron chi connectivity index (χ2n) is 9.59. The van der Waals surface area contributed by atoms with Gasteiger partial charge in [0, 0.05) is 15.7 Å². The van der Waals surface area contributed by atoms with E-state index in [0.717, 1.165) is 13.6 Å². The summed E-state index contributed by atoms with van der Waals surface area (Å²) in [4.78, 5) is 25.4. The van der Waals surface area contributed by atoms with Gasteiger partial charge in [-0.05, 0) is 97.0 Å². The summed E-state index contributed by atoms with van der Waals surface area (Å²) in [5.74, 6) is 0.667. The van der Waals surface area contributed by atoms with Crippen LogP contribution < -0.4 is 30.3 Å². The molecule has 1 amide bonds. The van der Waals surface area contributed by atoms with Gasteiger partial charge in [-0.25, -0.2) is 10.2 Å². The van der Waals surface area contributed by atoms with Gasteiger partial charge in [-0.3, -0.25) is 4.79 Å². The van der Waals surface area contributed by atoms with Gasteiger partial charge in [0.05, 0.1) is 34.6 Å². The number of nitrogens with zero attached hydrogens (tertiary/aromatic N) is 1. The summed E-state index contributed by atoms with van der Waals surface area (Å²) < 4.78 is 24.9. The third-order valence-electron chi connectivity index (χ3n) is 6.38. The number of rotatable bonds is 13. The second-order valence-corrected chi connectivity index (χ2v) is 12.1. The van der Waals surface area contributed by atoms with E-state index in [4.69, 9.17) is 31.2 Å². The third kappa shape index (κ3) is 9.41. The molecule has 0 aliphatic carbocycles. The van der Waals surface area contributed by atoms with Crippen LogP contribution in [0.1, 0.15) is 43.5 Å². The monoisotopic (exact) mass is 806 g/mol. The van der Waals surface area contributed by atoms with Gasteiger partial charge in [-0.2, -0.15) is 5.10 Å². The Morgan fingerprint density at radius 1 is 1.04 bits per heavy atom. The van der Waals surface area contributed by atoms with Gasteiger partial charge in [0.2, 0.25) is 0 Å². The summed E-state index contributed by atoms with van der Waals surface area (Å²) in [5.41, 5.74) is 5.81. The maximum Gasteiger partial charge on any atom is 0.338 e. The Morgan fingerprint density at radius 2 is 1.80 bits per heavy atom. The number of amides is 1. The molecule has 1 aliphatic heterocycles. The van der Waals surface area contributed by atoms with Gasteiger partial charge in [-0.15, -0.1) is 0 Å². The molecule has 45 heavy (non-hydrogen) atoms. The fraction of sp³-hybridized carbons (Fsp3) is 0.250. The van der Waals surface area contributed by atoms with Crippen LogP contribution in [-0.2, 0) is 20.9 Å². The molecule has 13 heteroatoms. The van der Waals surface area contributed by atoms with Gasteiger partial charge in [0.15, 0.2) is 23.2 Å². The summed E-state index contributed by atoms with van der Waals surface area (Å²) in [6.07, 6.45) is 1.52. The highest BCUT2D eigenvalue weighted by atomic mass is 127. The molecule has 0 aromatic heterocycles. The Hall–Kier alpha value is -3.69. The minimum Gasteiger partial charge on any atom is -0.490 e. The van der Waals surface area contributed by atoms with Crippen LogP contribution in [0.4, 0.5) is 0 Å². The molecule has 10 nitrogen and oxygen atoms in total. The van der Waals surface area contributed by atoms with Crippen LogP contribution in [0, 0.1) is 3.57 Å². The van der Waals surface area contributed by atoms with Crippen LogP contribution in [0.25, 0.3) is 0 Å². The van der Waals surface area contributed by atoms with Crippen molar-refractivity contribution in [3.8, 4) is 17.2 Å². The molecule has 1 aliphatic rings. The molecule has 0 unspecified atom stereocenters. The van der Waals surface area contributed by atoms with E-state index in [1.165, 1.54) is 6.21 Å². The van der Waals surface area contributed by atoms with Crippen molar-refractivity contribution in [3.05, 3.63) is 96.7 Å². The van der Waals surface area contributed by atoms with Crippen molar-refractivity contribution in [3.63, 3.8) is 0 Å². The lowest BCUT2D eigenvalue weighted by Crippen LogP contribution is -2.45. The predicted octanol–water partition coefficient (Wildman–Crippen LogP) is 5.92. The maximum atomic E-state index is 12.8. The van der Waals surface area contributed by atoms with Crippen molar-refractivity contribution in [1.82, 2.24) is 16.1 Å². The Balaban J connectivity index is 1.41. The van der Waals surface area contributed by atoms with E-state index < -0.39 is 17.9 Å². The highest BCUT2D eigenvalue weighted by Gasteiger charge is 2.32. The van der Waals surface area contributed by atoms with Gasteiger partial charge in [0.25, 0.3) is 5.91 Å². The van der Waals surface area contributed by atoms with Crippen molar-refractivity contribution in [2.24, 2.45) is 5.10 Å². The maximum absolute atomic E-state index is 12.8. The molecule has 3 aromatic carbocycles. The first kappa shape index (κ1) is 34.2. The first-order chi connectivity index (χ1) is 21.7. The molecule has 4 rings (SSSR count). The normalized spacial score (nSPS) is 14.4. The molecular weight excluding hydrogens is 775 g/mol. The molecule has 1 heterocycles. The van der Waals surface area contributed by atoms with Crippen molar-refractivity contribution < 1.29 is 28.5 Å². The number of carbonyl (C=O) groups excluding carboxylic acids is 2. The number of hydrogen-bond acceptors (Lipinski definition) is 8. The van der Waals surface area contributed by atoms with E-state index in [2.05, 4.69) is 59.7 Å². The van der Waals surface area contributed by atoms with Gasteiger partial charge in [-0.1, -0.05) is 46.3 Å². The topological polar surface area (TPSA) is 120 Å². The first-order valence-corrected chi connectivity index (χ1v) is 16.3. The number of carbonyl (C=O) groups is 2. The van der Waals surface area contributed by atoms with Crippen LogP contribution in [0.2, 0.25) is 0 Å². The number of thiocarbonyl (C=S) groups is 1. The minimum absolute atomic E-state index is 0.225. The zero-order valence-corrected chi connectivity index (χ0v) is 29.4. The number of benzene rings is 3. The lowest BCUT2D eigenvalue weighted by atomic mass is 9.95. The molecule has 0 saturated heterocycles. The average molecular weight is 808 g/mol. The molecule has 3 N–H and O–H groups in total. The molecule has 236 valence electrons. The van der Waals surface area contributed by atoms with E-state index in [1.54, 1.807) is 38.1 Å². The number of hydrazone groups is 1. The number of allylic oxidation sites excluding steroid dienone is 1. The SMILES string of the molecule is CCOC(=O)C1=C(C)NC(=S)N[C@H]1c1ccccc1OCC(=O)NN=Cc1cc(I)c(OCc2ccc(Br)cc2)c(OCC)c1. The number of esters is 1. The fourth-order valence-corrected chi connectivity index (χ4v) is 5.73. The lowest BCUT2D eigenvalue weighted by Gasteiger charge is -2.30. The number of halogens is 2. The van der Waals surface area contributed by atoms with Crippen LogP contribution in [0.15, 0.2) is 81.5 Å². The Kier molecular flexibility index (Phi) is 12.6. The minimum atomic E-state index is -0.626. The second kappa shape index (κ2) is 16.6. The van der Waals surface area contributed by atoms with Crippen molar-refractivity contribution in [1.29, 1.82) is 0 Å². The summed E-state index contributed by atoms with van der Waals surface area (Å²) in [6.45, 7) is 6.14. The number of ether oxygens (including phenoxy) is 4. The van der Waals surface area contributed by atoms with Gasteiger partial charge >= 0.3 is 5.97 Å². The highest BCUT2D eigenvalue weighted by molar-refractivity contribution is 14.1. The Morgan fingerprint density at radius 3 is 2.53 bits per heavy atom. The lowest BCUT2D eigenvalue weighted by molar-refractivity contribution is -0.139. The number of para-hydroxylation sites is 1. The standard InChI is InChI=1S/C32H32BrIN4O6S/c1-4-41-26-15-21(14-24(34)30(26)44-17-20-10-12-22(33)13-11-20)16-35-38-27(39)18-43-25-9-7-6-8-23(25)29-28(31(40)42-5-2)19(3)36-32(45)37-29/h6-16,29H,4-5,17-18H2,1-3H3,(H,38,39)(H2,36,37,45)/t29-/m0/s1. The molecule has 0 fully saturated rings. The van der Waals surface area contributed by atoms with E-state index in [9.17, 15) is 9.59 Å². The van der Waals surface area contributed by atoms with E-state index in [-0.39, 0.29) is 13.2 Å². The molecule has 1 atom stereocenters. The summed E-state index contributed by atoms with van der Waals surface area (Å²) >= 11 is 11.0. The Labute approximate surface area is 289 Å². The Bertz CT molecular complexity index is 1620. The van der Waals surface area contributed by atoms with Crippen LogP contribution in [0.5, 0.6) is 17.2 Å². The molecule has 0 spiro atoms. The highest BCUT2D eigenvalue weighted by Crippen LogP contribution is 2.35. The summed E-state index contributed by atoms with van der Waals surface area (Å²) in [7, 11) is 0. The summed E-state index contributed by atoms with van der Waals surface area (Å²) in [5, 5.41) is 10.5. The quantitative estimate of drug-likeness (QED) is 0.0637. The largest absolute Gasteiger partial charge is 0.490 e. The zero-order chi connectivity index (χ0) is 32.3. The average Bonchev–Trinajstić information content (AvgIpc) is 3.00. The summed E-state index contributed by atoms with van der Waals surface area (Å²) in [6, 6.07) is 18.1. The fourth-order valence-electron chi connectivity index (χ4n) is 4.41. The molecule has 3 aromatic rings. The van der Waals surface area contributed by atoms with Crippen LogP contribution in [0.3, 0.4) is 0 Å². The number of hydrogen-bond donors (Lipinski definition) is 3. The predicted molar refractivity (Wildman–Crippen MR) is 187 cm³/mol. The van der Waals surface area contributed by atoms with E-state index in [1.807, 2.05) is 43.3 Å². The first-order valence-electron chi connectivity index (χ1n) is 14.0. The van der Waals surface area contributed by atoms with Crippen molar-refractivity contribution in [2.75, 3.05) is 19.8 Å². The van der Waals surface area contributed by atoms with Crippen LogP contribution in [-0.4, -0.2) is 43.0 Å². The van der Waals surface area contributed by atoms with Crippen molar-refractivity contribution >= 4 is 73.9 Å². The van der Waals surface area contributed by atoms with Gasteiger partial charge in [0.1, 0.15) is 12.4 Å². The smallest absolute Gasteiger partial charge is 0.338 e. The molecule has 0 radical (unpaired) electrons. The third-order valence-corrected chi connectivity index (χ3v) is 7.93. The van der Waals surface area contributed by atoms with Gasteiger partial charge < -0.3 is 29.6 Å². The molecule has 0 saturated carbocycles. The van der Waals surface area contributed by atoms with E-state index in [0.29, 0.717) is 58.0 Å². The van der Waals surface area contributed by atoms with Crippen LogP contribution >= 0.6 is 50.7 Å². The molecular formula is C32H32BrIN4O6S. The zero-order valence-electron chi connectivity index (χ0n) is 24.8. The van der Waals surface area contributed by atoms with Crippen molar-refractivity contribution in [2.45, 2.75) is 33.4 Å². The van der Waals surface area contributed by atoms with E-state index >= 15 is 0 Å². The molecule has 0 bridgehead atoms.